The largest absolute Gasteiger partial charge is 0.434 e. The molecule has 0 fully saturated rings. The van der Waals surface area contributed by atoms with Gasteiger partial charge in [0.05, 0.1) is 0 Å². The lowest BCUT2D eigenvalue weighted by Gasteiger charge is -2.03. The van der Waals surface area contributed by atoms with Crippen molar-refractivity contribution < 1.29 is 22.4 Å². The SMILES string of the molecule is O=C(CCc1ccccc1F)Nc1nc(C(F)(F)F)cs1. The van der Waals surface area contributed by atoms with Gasteiger partial charge in [-0.05, 0) is 18.1 Å². The number of rotatable bonds is 4. The van der Waals surface area contributed by atoms with Gasteiger partial charge in [-0.3, -0.25) is 4.79 Å². The number of thiazole rings is 1. The van der Waals surface area contributed by atoms with E-state index in [1.54, 1.807) is 12.1 Å². The first-order valence-electron chi connectivity index (χ1n) is 5.92. The molecule has 0 saturated heterocycles. The third-order valence-corrected chi connectivity index (χ3v) is 3.38. The van der Waals surface area contributed by atoms with E-state index in [0.29, 0.717) is 16.9 Å². The molecule has 0 saturated carbocycles. The van der Waals surface area contributed by atoms with Gasteiger partial charge in [0.25, 0.3) is 0 Å². The molecule has 0 spiro atoms. The van der Waals surface area contributed by atoms with Crippen LogP contribution in [0.2, 0.25) is 0 Å². The summed E-state index contributed by atoms with van der Waals surface area (Å²) in [7, 11) is 0. The van der Waals surface area contributed by atoms with E-state index in [0.717, 1.165) is 5.38 Å². The maximum absolute atomic E-state index is 13.3. The summed E-state index contributed by atoms with van der Waals surface area (Å²) >= 11 is 0.692. The molecule has 1 aromatic heterocycles. The summed E-state index contributed by atoms with van der Waals surface area (Å²) in [6.45, 7) is 0. The molecule has 1 heterocycles. The molecule has 2 rings (SSSR count). The number of hydrogen-bond donors (Lipinski definition) is 1. The van der Waals surface area contributed by atoms with Gasteiger partial charge in [-0.1, -0.05) is 18.2 Å². The van der Waals surface area contributed by atoms with Crippen molar-refractivity contribution in [1.82, 2.24) is 4.98 Å². The molecule has 0 radical (unpaired) electrons. The molecule has 8 heteroatoms. The summed E-state index contributed by atoms with van der Waals surface area (Å²) in [6, 6.07) is 6.01. The van der Waals surface area contributed by atoms with Gasteiger partial charge in [0.2, 0.25) is 5.91 Å². The van der Waals surface area contributed by atoms with Gasteiger partial charge in [-0.2, -0.15) is 13.2 Å². The Bertz CT molecular complexity index is 639. The minimum atomic E-state index is -4.54. The van der Waals surface area contributed by atoms with E-state index in [4.69, 9.17) is 0 Å². The number of carbonyl (C=O) groups is 1. The highest BCUT2D eigenvalue weighted by molar-refractivity contribution is 7.13. The molecule has 1 N–H and O–H groups in total. The van der Waals surface area contributed by atoms with Crippen LogP contribution in [0, 0.1) is 5.82 Å². The average Bonchev–Trinajstić information content (AvgIpc) is 2.86. The molecule has 1 aromatic carbocycles. The van der Waals surface area contributed by atoms with Crippen molar-refractivity contribution >= 4 is 22.4 Å². The first-order chi connectivity index (χ1) is 9.86. The minimum Gasteiger partial charge on any atom is -0.302 e. The lowest BCUT2D eigenvalue weighted by Crippen LogP contribution is -2.13. The Morgan fingerprint density at radius 2 is 2.00 bits per heavy atom. The van der Waals surface area contributed by atoms with Gasteiger partial charge in [0.15, 0.2) is 10.8 Å². The van der Waals surface area contributed by atoms with Crippen LogP contribution in [0.1, 0.15) is 17.7 Å². The van der Waals surface area contributed by atoms with E-state index < -0.39 is 23.6 Å². The fourth-order valence-corrected chi connectivity index (χ4v) is 2.33. The van der Waals surface area contributed by atoms with Gasteiger partial charge in [-0.25, -0.2) is 9.37 Å². The first kappa shape index (κ1) is 15.4. The van der Waals surface area contributed by atoms with Gasteiger partial charge >= 0.3 is 6.18 Å². The normalized spacial score (nSPS) is 11.4. The van der Waals surface area contributed by atoms with Crippen molar-refractivity contribution in [3.8, 4) is 0 Å². The molecule has 0 bridgehead atoms. The lowest BCUT2D eigenvalue weighted by atomic mass is 10.1. The summed E-state index contributed by atoms with van der Waals surface area (Å²) in [4.78, 5) is 14.9. The maximum Gasteiger partial charge on any atom is 0.434 e. The summed E-state index contributed by atoms with van der Waals surface area (Å²) in [5.41, 5.74) is -0.667. The Morgan fingerprint density at radius 1 is 1.29 bits per heavy atom. The number of amides is 1. The zero-order chi connectivity index (χ0) is 15.5. The zero-order valence-corrected chi connectivity index (χ0v) is 11.4. The predicted octanol–water partition coefficient (Wildman–Crippen LogP) is 3.87. The molecule has 0 atom stereocenters. The second-order valence-corrected chi connectivity index (χ2v) is 5.03. The van der Waals surface area contributed by atoms with E-state index in [1.165, 1.54) is 12.1 Å². The number of benzene rings is 1. The van der Waals surface area contributed by atoms with Crippen molar-refractivity contribution in [2.45, 2.75) is 19.0 Å². The van der Waals surface area contributed by atoms with E-state index in [1.807, 2.05) is 0 Å². The summed E-state index contributed by atoms with van der Waals surface area (Å²) < 4.78 is 50.4. The lowest BCUT2D eigenvalue weighted by molar-refractivity contribution is -0.140. The minimum absolute atomic E-state index is 0.0398. The van der Waals surface area contributed by atoms with Crippen LogP contribution in [0.3, 0.4) is 0 Å². The van der Waals surface area contributed by atoms with E-state index >= 15 is 0 Å². The van der Waals surface area contributed by atoms with Crippen LogP contribution in [0.5, 0.6) is 0 Å². The number of aryl methyl sites for hydroxylation is 1. The Balaban J connectivity index is 1.90. The van der Waals surface area contributed by atoms with E-state index in [9.17, 15) is 22.4 Å². The van der Waals surface area contributed by atoms with Crippen molar-refractivity contribution in [2.75, 3.05) is 5.32 Å². The highest BCUT2D eigenvalue weighted by atomic mass is 32.1. The van der Waals surface area contributed by atoms with Crippen LogP contribution in [0.4, 0.5) is 22.7 Å². The predicted molar refractivity (Wildman–Crippen MR) is 70.5 cm³/mol. The van der Waals surface area contributed by atoms with Crippen molar-refractivity contribution in [3.05, 3.63) is 46.7 Å². The van der Waals surface area contributed by atoms with Crippen LogP contribution < -0.4 is 5.32 Å². The fourth-order valence-electron chi connectivity index (χ4n) is 1.59. The number of nitrogens with one attached hydrogen (secondary N) is 1. The molecular weight excluding hydrogens is 308 g/mol. The average molecular weight is 318 g/mol. The van der Waals surface area contributed by atoms with Crippen LogP contribution in [-0.4, -0.2) is 10.9 Å². The standard InChI is InChI=1S/C13H10F4N2OS/c14-9-4-2-1-3-8(9)5-6-11(20)19-12-18-10(7-21-12)13(15,16)17/h1-4,7H,5-6H2,(H,18,19,20). The molecule has 2 aromatic rings. The number of hydrogen-bond acceptors (Lipinski definition) is 3. The Kier molecular flexibility index (Phi) is 4.56. The third-order valence-electron chi connectivity index (χ3n) is 2.62. The van der Waals surface area contributed by atoms with E-state index in [-0.39, 0.29) is 18.0 Å². The number of anilines is 1. The van der Waals surface area contributed by atoms with Gasteiger partial charge in [-0.15, -0.1) is 11.3 Å². The monoisotopic (exact) mass is 318 g/mol. The highest BCUT2D eigenvalue weighted by Crippen LogP contribution is 2.31. The number of carbonyl (C=O) groups excluding carboxylic acids is 1. The molecular formula is C13H10F4N2OS. The second kappa shape index (κ2) is 6.21. The van der Waals surface area contributed by atoms with E-state index in [2.05, 4.69) is 10.3 Å². The molecule has 112 valence electrons. The Morgan fingerprint density at radius 3 is 2.62 bits per heavy atom. The van der Waals surface area contributed by atoms with Crippen LogP contribution in [0.15, 0.2) is 29.6 Å². The van der Waals surface area contributed by atoms with Gasteiger partial charge in [0.1, 0.15) is 5.82 Å². The van der Waals surface area contributed by atoms with Crippen molar-refractivity contribution in [2.24, 2.45) is 0 Å². The summed E-state index contributed by atoms with van der Waals surface area (Å²) in [5.74, 6) is -0.930. The third kappa shape index (κ3) is 4.25. The fraction of sp³-hybridized carbons (Fsp3) is 0.231. The highest BCUT2D eigenvalue weighted by Gasteiger charge is 2.33. The summed E-state index contributed by atoms with van der Waals surface area (Å²) in [5, 5.41) is 2.97. The Labute approximate surface area is 121 Å². The number of nitrogens with zero attached hydrogens (tertiary/aromatic N) is 1. The van der Waals surface area contributed by atoms with Crippen LogP contribution >= 0.6 is 11.3 Å². The zero-order valence-electron chi connectivity index (χ0n) is 10.6. The molecule has 0 aliphatic heterocycles. The molecule has 0 unspecified atom stereocenters. The molecule has 0 aliphatic carbocycles. The van der Waals surface area contributed by atoms with Gasteiger partial charge in [0, 0.05) is 11.8 Å². The summed E-state index contributed by atoms with van der Waals surface area (Å²) in [6.07, 6.45) is -4.41. The second-order valence-electron chi connectivity index (χ2n) is 4.18. The number of halogens is 4. The number of alkyl halides is 3. The molecule has 21 heavy (non-hydrogen) atoms. The number of aromatic nitrogens is 1. The molecule has 1 amide bonds. The quantitative estimate of drug-likeness (QED) is 0.870. The van der Waals surface area contributed by atoms with Crippen molar-refractivity contribution in [3.63, 3.8) is 0 Å². The van der Waals surface area contributed by atoms with Crippen LogP contribution in [-0.2, 0) is 17.4 Å². The first-order valence-corrected chi connectivity index (χ1v) is 6.80. The molecule has 3 nitrogen and oxygen atoms in total. The van der Waals surface area contributed by atoms with Crippen molar-refractivity contribution in [1.29, 1.82) is 0 Å². The Hall–Kier alpha value is -1.96. The molecule has 0 aliphatic rings. The smallest absolute Gasteiger partial charge is 0.302 e. The van der Waals surface area contributed by atoms with Gasteiger partial charge < -0.3 is 5.32 Å². The van der Waals surface area contributed by atoms with Crippen LogP contribution in [0.25, 0.3) is 0 Å². The topological polar surface area (TPSA) is 42.0 Å². The maximum atomic E-state index is 13.3.